The fourth-order valence-corrected chi connectivity index (χ4v) is 3.11. The zero-order chi connectivity index (χ0) is 17.5. The summed E-state index contributed by atoms with van der Waals surface area (Å²) in [4.78, 5) is 14.3. The number of likely N-dealkylation sites (tertiary alicyclic amines) is 1. The highest BCUT2D eigenvalue weighted by Crippen LogP contribution is 2.38. The standard InChI is InChI=1S/C18H28N2O4/c1-5-13-7-6-8-20(12-13)18(21)19-11-14-9-15(22-2)17(24-4)16(10-14)23-3/h9-10,13H,5-8,11-12H2,1-4H3,(H,19,21). The lowest BCUT2D eigenvalue weighted by Gasteiger charge is -2.32. The van der Waals surface area contributed by atoms with Crippen molar-refractivity contribution in [3.63, 3.8) is 0 Å². The van der Waals surface area contributed by atoms with Crippen molar-refractivity contribution >= 4 is 6.03 Å². The predicted octanol–water partition coefficient (Wildman–Crippen LogP) is 3.04. The van der Waals surface area contributed by atoms with Crippen LogP contribution in [0.25, 0.3) is 0 Å². The summed E-state index contributed by atoms with van der Waals surface area (Å²) in [5.41, 5.74) is 0.905. The number of hydrogen-bond donors (Lipinski definition) is 1. The van der Waals surface area contributed by atoms with Gasteiger partial charge in [0.1, 0.15) is 0 Å². The van der Waals surface area contributed by atoms with Crippen LogP contribution in [0, 0.1) is 5.92 Å². The first-order valence-corrected chi connectivity index (χ1v) is 8.44. The lowest BCUT2D eigenvalue weighted by Crippen LogP contribution is -2.45. The lowest BCUT2D eigenvalue weighted by atomic mass is 9.96. The second kappa shape index (κ2) is 8.66. The van der Waals surface area contributed by atoms with Gasteiger partial charge in [-0.25, -0.2) is 4.79 Å². The van der Waals surface area contributed by atoms with E-state index in [0.29, 0.717) is 29.7 Å². The van der Waals surface area contributed by atoms with Crippen LogP contribution in [0.5, 0.6) is 17.2 Å². The molecular formula is C18H28N2O4. The van der Waals surface area contributed by atoms with E-state index in [1.54, 1.807) is 21.3 Å². The monoisotopic (exact) mass is 336 g/mol. The lowest BCUT2D eigenvalue weighted by molar-refractivity contribution is 0.163. The van der Waals surface area contributed by atoms with Crippen LogP contribution in [-0.4, -0.2) is 45.3 Å². The van der Waals surface area contributed by atoms with Crippen LogP contribution >= 0.6 is 0 Å². The maximum Gasteiger partial charge on any atom is 0.317 e. The highest BCUT2D eigenvalue weighted by atomic mass is 16.5. The maximum atomic E-state index is 12.4. The van der Waals surface area contributed by atoms with E-state index in [0.717, 1.165) is 31.5 Å². The molecule has 1 aliphatic rings. The molecule has 1 N–H and O–H groups in total. The summed E-state index contributed by atoms with van der Waals surface area (Å²) in [5, 5.41) is 2.99. The van der Waals surface area contributed by atoms with Crippen molar-refractivity contribution in [2.45, 2.75) is 32.7 Å². The van der Waals surface area contributed by atoms with Gasteiger partial charge in [0, 0.05) is 19.6 Å². The SMILES string of the molecule is CCC1CCCN(C(=O)NCc2cc(OC)c(OC)c(OC)c2)C1. The van der Waals surface area contributed by atoms with E-state index in [9.17, 15) is 4.79 Å². The Balaban J connectivity index is 2.02. The molecule has 0 saturated carbocycles. The minimum Gasteiger partial charge on any atom is -0.493 e. The van der Waals surface area contributed by atoms with E-state index in [4.69, 9.17) is 14.2 Å². The van der Waals surface area contributed by atoms with Crippen LogP contribution in [-0.2, 0) is 6.54 Å². The average Bonchev–Trinajstić information content (AvgIpc) is 2.64. The molecule has 1 atom stereocenters. The highest BCUT2D eigenvalue weighted by Gasteiger charge is 2.22. The number of carbonyl (C=O) groups is 1. The topological polar surface area (TPSA) is 60.0 Å². The van der Waals surface area contributed by atoms with Gasteiger partial charge in [0.15, 0.2) is 11.5 Å². The zero-order valence-electron chi connectivity index (χ0n) is 15.1. The van der Waals surface area contributed by atoms with E-state index in [1.165, 1.54) is 6.42 Å². The number of hydrogen-bond acceptors (Lipinski definition) is 4. The average molecular weight is 336 g/mol. The quantitative estimate of drug-likeness (QED) is 0.867. The first kappa shape index (κ1) is 18.2. The summed E-state index contributed by atoms with van der Waals surface area (Å²) in [5.74, 6) is 2.35. The number of nitrogens with zero attached hydrogens (tertiary/aromatic N) is 1. The number of urea groups is 1. The molecule has 1 saturated heterocycles. The van der Waals surface area contributed by atoms with E-state index in [-0.39, 0.29) is 6.03 Å². The molecule has 0 bridgehead atoms. The van der Waals surface area contributed by atoms with E-state index < -0.39 is 0 Å². The van der Waals surface area contributed by atoms with Crippen molar-refractivity contribution in [2.75, 3.05) is 34.4 Å². The molecule has 0 aromatic heterocycles. The van der Waals surface area contributed by atoms with Crippen LogP contribution in [0.1, 0.15) is 31.7 Å². The molecule has 1 aromatic rings. The molecule has 1 aliphatic heterocycles. The predicted molar refractivity (Wildman–Crippen MR) is 92.9 cm³/mol. The molecule has 0 radical (unpaired) electrons. The van der Waals surface area contributed by atoms with Crippen LogP contribution < -0.4 is 19.5 Å². The van der Waals surface area contributed by atoms with Crippen molar-refractivity contribution in [2.24, 2.45) is 5.92 Å². The number of carbonyl (C=O) groups excluding carboxylic acids is 1. The molecule has 2 amide bonds. The van der Waals surface area contributed by atoms with Crippen molar-refractivity contribution < 1.29 is 19.0 Å². The van der Waals surface area contributed by atoms with Crippen molar-refractivity contribution in [1.29, 1.82) is 0 Å². The van der Waals surface area contributed by atoms with Crippen molar-refractivity contribution in [1.82, 2.24) is 10.2 Å². The normalized spacial score (nSPS) is 17.3. The number of rotatable bonds is 6. The number of piperidine rings is 1. The maximum absolute atomic E-state index is 12.4. The third kappa shape index (κ3) is 4.24. The Morgan fingerprint density at radius 1 is 1.21 bits per heavy atom. The summed E-state index contributed by atoms with van der Waals surface area (Å²) >= 11 is 0. The van der Waals surface area contributed by atoms with E-state index in [2.05, 4.69) is 12.2 Å². The largest absolute Gasteiger partial charge is 0.493 e. The first-order chi connectivity index (χ1) is 11.6. The van der Waals surface area contributed by atoms with Gasteiger partial charge in [-0.3, -0.25) is 0 Å². The third-order valence-corrected chi connectivity index (χ3v) is 4.55. The minimum atomic E-state index is -0.0121. The molecule has 6 heteroatoms. The number of benzene rings is 1. The Morgan fingerprint density at radius 3 is 2.42 bits per heavy atom. The molecule has 24 heavy (non-hydrogen) atoms. The van der Waals surface area contributed by atoms with Gasteiger partial charge in [-0.2, -0.15) is 0 Å². The van der Waals surface area contributed by atoms with Gasteiger partial charge in [-0.05, 0) is 36.5 Å². The molecular weight excluding hydrogens is 308 g/mol. The van der Waals surface area contributed by atoms with Crippen LogP contribution in [0.3, 0.4) is 0 Å². The van der Waals surface area contributed by atoms with Crippen LogP contribution in [0.15, 0.2) is 12.1 Å². The molecule has 1 unspecified atom stereocenters. The summed E-state index contributed by atoms with van der Waals surface area (Å²) in [6, 6.07) is 3.70. The van der Waals surface area contributed by atoms with Gasteiger partial charge in [-0.15, -0.1) is 0 Å². The van der Waals surface area contributed by atoms with Gasteiger partial charge in [0.25, 0.3) is 0 Å². The fourth-order valence-electron chi connectivity index (χ4n) is 3.11. The third-order valence-electron chi connectivity index (χ3n) is 4.55. The highest BCUT2D eigenvalue weighted by molar-refractivity contribution is 5.74. The molecule has 1 fully saturated rings. The molecule has 1 aromatic carbocycles. The number of nitrogens with one attached hydrogen (secondary N) is 1. The van der Waals surface area contributed by atoms with Crippen LogP contribution in [0.4, 0.5) is 4.79 Å². The van der Waals surface area contributed by atoms with E-state index >= 15 is 0 Å². The summed E-state index contributed by atoms with van der Waals surface area (Å²) < 4.78 is 16.0. The zero-order valence-corrected chi connectivity index (χ0v) is 15.1. The molecule has 0 aliphatic carbocycles. The Kier molecular flexibility index (Phi) is 6.58. The minimum absolute atomic E-state index is 0.0121. The smallest absolute Gasteiger partial charge is 0.317 e. The van der Waals surface area contributed by atoms with Gasteiger partial charge >= 0.3 is 6.03 Å². The number of methoxy groups -OCH3 is 3. The molecule has 0 spiro atoms. The fraction of sp³-hybridized carbons (Fsp3) is 0.611. The Morgan fingerprint density at radius 2 is 1.88 bits per heavy atom. The molecule has 6 nitrogen and oxygen atoms in total. The molecule has 2 rings (SSSR count). The van der Waals surface area contributed by atoms with Gasteiger partial charge in [0.2, 0.25) is 5.75 Å². The van der Waals surface area contributed by atoms with Crippen LogP contribution in [0.2, 0.25) is 0 Å². The number of amides is 2. The Hall–Kier alpha value is -2.11. The van der Waals surface area contributed by atoms with E-state index in [1.807, 2.05) is 17.0 Å². The van der Waals surface area contributed by atoms with Gasteiger partial charge in [-0.1, -0.05) is 13.3 Å². The van der Waals surface area contributed by atoms with Gasteiger partial charge < -0.3 is 24.4 Å². The molecule has 134 valence electrons. The summed E-state index contributed by atoms with van der Waals surface area (Å²) in [6.45, 7) is 4.28. The summed E-state index contributed by atoms with van der Waals surface area (Å²) in [6.07, 6.45) is 3.42. The second-order valence-corrected chi connectivity index (χ2v) is 6.05. The second-order valence-electron chi connectivity index (χ2n) is 6.05. The Bertz CT molecular complexity index is 537. The van der Waals surface area contributed by atoms with Gasteiger partial charge in [0.05, 0.1) is 21.3 Å². The van der Waals surface area contributed by atoms with Crippen molar-refractivity contribution in [3.8, 4) is 17.2 Å². The molecule has 1 heterocycles. The summed E-state index contributed by atoms with van der Waals surface area (Å²) in [7, 11) is 4.73. The van der Waals surface area contributed by atoms with Crippen molar-refractivity contribution in [3.05, 3.63) is 17.7 Å². The first-order valence-electron chi connectivity index (χ1n) is 8.44. The number of ether oxygens (including phenoxy) is 3. The Labute approximate surface area is 144 Å².